The van der Waals surface area contributed by atoms with Crippen molar-refractivity contribution < 1.29 is 14.0 Å². The van der Waals surface area contributed by atoms with Gasteiger partial charge in [0.05, 0.1) is 0 Å². The van der Waals surface area contributed by atoms with E-state index < -0.39 is 12.9 Å². The van der Waals surface area contributed by atoms with Crippen LogP contribution in [-0.2, 0) is 14.0 Å². The van der Waals surface area contributed by atoms with E-state index in [0.717, 1.165) is 0 Å². The quantitative estimate of drug-likeness (QED) is 0.243. The minimum atomic E-state index is -2.62. The second-order valence-electron chi connectivity index (χ2n) is 2.28. The second-order valence-corrected chi connectivity index (χ2v) is 9.09. The van der Waals surface area contributed by atoms with Gasteiger partial charge in [-0.05, 0) is 13.5 Å². The Balaban J connectivity index is 3.58. The van der Waals surface area contributed by atoms with Crippen LogP contribution in [0.2, 0.25) is 6.55 Å². The zero-order valence-electron chi connectivity index (χ0n) is 6.89. The largest absolute Gasteiger partial charge is 0.436 e. The number of halogens is 2. The van der Waals surface area contributed by atoms with Gasteiger partial charge in [0.1, 0.15) is 0 Å². The van der Waals surface area contributed by atoms with Gasteiger partial charge < -0.3 is 9.16 Å². The van der Waals surface area contributed by atoms with Crippen LogP contribution in [0.25, 0.3) is 0 Å². The Morgan fingerprint density at radius 1 is 1.58 bits per heavy atom. The van der Waals surface area contributed by atoms with Gasteiger partial charge in [-0.2, -0.15) is 0 Å². The molecule has 0 aromatic heterocycles. The van der Waals surface area contributed by atoms with E-state index in [4.69, 9.17) is 26.6 Å². The fourth-order valence-electron chi connectivity index (χ4n) is 0.310. The molecule has 0 aromatic rings. The van der Waals surface area contributed by atoms with Gasteiger partial charge in [0, 0.05) is 5.57 Å². The summed E-state index contributed by atoms with van der Waals surface area (Å²) in [6, 6.07) is 0. The molecule has 0 bridgehead atoms. The third-order valence-corrected chi connectivity index (χ3v) is 2.13. The lowest BCUT2D eigenvalue weighted by molar-refractivity contribution is -0.145. The fourth-order valence-corrected chi connectivity index (χ4v) is 0.843. The predicted molar refractivity (Wildman–Crippen MR) is 50.2 cm³/mol. The van der Waals surface area contributed by atoms with Crippen LogP contribution in [0, 0.1) is 0 Å². The first-order chi connectivity index (χ1) is 5.33. The minimum absolute atomic E-state index is 0.221. The van der Waals surface area contributed by atoms with E-state index in [0.29, 0.717) is 5.57 Å². The van der Waals surface area contributed by atoms with E-state index >= 15 is 0 Å². The van der Waals surface area contributed by atoms with E-state index in [1.54, 1.807) is 13.5 Å². The average molecular weight is 229 g/mol. The first kappa shape index (κ1) is 12.0. The summed E-state index contributed by atoms with van der Waals surface area (Å²) in [5, 5.41) is 0. The number of carbonyl (C=O) groups is 1. The molecule has 0 N–H and O–H groups in total. The van der Waals surface area contributed by atoms with Crippen molar-refractivity contribution in [2.75, 3.05) is 6.79 Å². The molecule has 0 unspecified atom stereocenters. The molecule has 0 saturated carbocycles. The molecular formula is C6H10Cl2O3Si. The lowest BCUT2D eigenvalue weighted by Crippen LogP contribution is -2.22. The SMILES string of the molecule is C=C(C)C(=O)OCO[Si](C)(Cl)Cl. The molecule has 0 saturated heterocycles. The maximum Gasteiger partial charge on any atom is 0.388 e. The van der Waals surface area contributed by atoms with Crippen molar-refractivity contribution in [3.63, 3.8) is 0 Å². The standard InChI is InChI=1S/C6H10Cl2O3Si/c1-5(2)6(9)10-4-11-12(3,7)8/h1,4H2,2-3H3. The van der Waals surface area contributed by atoms with Gasteiger partial charge in [-0.3, -0.25) is 0 Å². The van der Waals surface area contributed by atoms with E-state index in [-0.39, 0.29) is 6.79 Å². The Morgan fingerprint density at radius 3 is 2.42 bits per heavy atom. The zero-order chi connectivity index (χ0) is 9.78. The van der Waals surface area contributed by atoms with Crippen LogP contribution in [0.15, 0.2) is 12.2 Å². The van der Waals surface area contributed by atoms with Crippen molar-refractivity contribution in [2.45, 2.75) is 13.5 Å². The molecule has 0 aromatic carbocycles. The first-order valence-corrected chi connectivity index (χ1v) is 7.60. The van der Waals surface area contributed by atoms with Crippen molar-refractivity contribution in [1.29, 1.82) is 0 Å². The summed E-state index contributed by atoms with van der Waals surface area (Å²) in [6.45, 7) is 3.65. The smallest absolute Gasteiger partial charge is 0.388 e. The van der Waals surface area contributed by atoms with Gasteiger partial charge in [-0.15, -0.1) is 22.2 Å². The van der Waals surface area contributed by atoms with E-state index in [1.165, 1.54) is 0 Å². The van der Waals surface area contributed by atoms with Crippen LogP contribution in [0.4, 0.5) is 0 Å². The number of esters is 1. The molecule has 12 heavy (non-hydrogen) atoms. The monoisotopic (exact) mass is 228 g/mol. The summed E-state index contributed by atoms with van der Waals surface area (Å²) in [5.41, 5.74) is 0.311. The summed E-state index contributed by atoms with van der Waals surface area (Å²) >= 11 is 11.1. The zero-order valence-corrected chi connectivity index (χ0v) is 9.41. The van der Waals surface area contributed by atoms with E-state index in [9.17, 15) is 4.79 Å². The highest BCUT2D eigenvalue weighted by atomic mass is 35.7. The number of carbonyl (C=O) groups excluding carboxylic acids is 1. The molecule has 0 aliphatic carbocycles. The third kappa shape index (κ3) is 6.66. The molecule has 0 aliphatic heterocycles. The van der Waals surface area contributed by atoms with Crippen molar-refractivity contribution >= 4 is 35.1 Å². The molecule has 3 nitrogen and oxygen atoms in total. The molecule has 0 radical (unpaired) electrons. The Bertz CT molecular complexity index is 188. The topological polar surface area (TPSA) is 35.5 Å². The van der Waals surface area contributed by atoms with Crippen LogP contribution >= 0.6 is 22.2 Å². The van der Waals surface area contributed by atoms with Crippen LogP contribution < -0.4 is 0 Å². The fraction of sp³-hybridized carbons (Fsp3) is 0.500. The molecule has 0 aliphatic rings. The number of ether oxygens (including phenoxy) is 1. The molecular weight excluding hydrogens is 219 g/mol. The van der Waals surface area contributed by atoms with Gasteiger partial charge in [-0.25, -0.2) is 4.79 Å². The molecule has 0 fully saturated rings. The molecule has 0 atom stereocenters. The number of hydrogen-bond acceptors (Lipinski definition) is 3. The Kier molecular flexibility index (Phi) is 4.85. The van der Waals surface area contributed by atoms with Crippen LogP contribution in [0.1, 0.15) is 6.92 Å². The molecule has 0 heterocycles. The highest BCUT2D eigenvalue weighted by Gasteiger charge is 2.23. The van der Waals surface area contributed by atoms with Crippen LogP contribution in [0.3, 0.4) is 0 Å². The number of rotatable bonds is 4. The van der Waals surface area contributed by atoms with Gasteiger partial charge in [-0.1, -0.05) is 6.58 Å². The summed E-state index contributed by atoms with van der Waals surface area (Å²) < 4.78 is 9.42. The maximum absolute atomic E-state index is 10.8. The van der Waals surface area contributed by atoms with Crippen molar-refractivity contribution in [1.82, 2.24) is 0 Å². The van der Waals surface area contributed by atoms with Crippen molar-refractivity contribution in [3.05, 3.63) is 12.2 Å². The summed E-state index contributed by atoms with van der Waals surface area (Å²) in [5.74, 6) is -0.512. The molecule has 0 rings (SSSR count). The van der Waals surface area contributed by atoms with Crippen LogP contribution in [-0.4, -0.2) is 19.7 Å². The first-order valence-electron chi connectivity index (χ1n) is 3.17. The van der Waals surface area contributed by atoms with E-state index in [1.807, 2.05) is 0 Å². The third-order valence-electron chi connectivity index (χ3n) is 0.851. The normalized spacial score (nSPS) is 11.0. The molecule has 6 heteroatoms. The average Bonchev–Trinajstić information content (AvgIpc) is 1.84. The molecule has 0 amide bonds. The lowest BCUT2D eigenvalue weighted by atomic mass is 10.4. The summed E-state index contributed by atoms with van der Waals surface area (Å²) in [4.78, 5) is 10.8. The highest BCUT2D eigenvalue weighted by Crippen LogP contribution is 2.14. The Morgan fingerprint density at radius 2 is 2.08 bits per heavy atom. The van der Waals surface area contributed by atoms with Gasteiger partial charge >= 0.3 is 12.9 Å². The second kappa shape index (κ2) is 4.86. The lowest BCUT2D eigenvalue weighted by Gasteiger charge is -2.11. The number of hydrogen-bond donors (Lipinski definition) is 0. The summed E-state index contributed by atoms with van der Waals surface area (Å²) in [7, 11) is 0. The predicted octanol–water partition coefficient (Wildman–Crippen LogP) is 2.13. The van der Waals surface area contributed by atoms with Gasteiger partial charge in [0.25, 0.3) is 0 Å². The molecule has 70 valence electrons. The maximum atomic E-state index is 10.8. The summed E-state index contributed by atoms with van der Waals surface area (Å²) in [6.07, 6.45) is 0. The molecule has 0 spiro atoms. The van der Waals surface area contributed by atoms with Gasteiger partial charge in [0.15, 0.2) is 6.79 Å². The van der Waals surface area contributed by atoms with Crippen molar-refractivity contribution in [3.8, 4) is 0 Å². The van der Waals surface area contributed by atoms with Crippen LogP contribution in [0.5, 0.6) is 0 Å². The minimum Gasteiger partial charge on any atom is -0.436 e. The van der Waals surface area contributed by atoms with E-state index in [2.05, 4.69) is 11.3 Å². The van der Waals surface area contributed by atoms with Gasteiger partial charge in [0.2, 0.25) is 0 Å². The highest BCUT2D eigenvalue weighted by molar-refractivity contribution is 7.41. The van der Waals surface area contributed by atoms with Crippen molar-refractivity contribution in [2.24, 2.45) is 0 Å². The Hall–Kier alpha value is -0.0331. The Labute approximate surface area is 81.8 Å².